The molecule has 1 heterocycles. The standard InChI is InChI=1S/C12H16N2O3/c1-12(2,15)11-13-7-5-9(16-3)10(17-4)6-8(7)14-11/h5-6,15H,1-4H3,(H,13,14). The van der Waals surface area contributed by atoms with Crippen molar-refractivity contribution in [1.29, 1.82) is 0 Å². The van der Waals surface area contributed by atoms with E-state index < -0.39 is 5.60 Å². The van der Waals surface area contributed by atoms with E-state index in [9.17, 15) is 5.11 Å². The number of nitrogens with zero attached hydrogens (tertiary/aromatic N) is 1. The Labute approximate surface area is 99.4 Å². The predicted molar refractivity (Wildman–Crippen MR) is 64.4 cm³/mol. The van der Waals surface area contributed by atoms with Gasteiger partial charge in [-0.25, -0.2) is 4.98 Å². The molecule has 5 heteroatoms. The van der Waals surface area contributed by atoms with Crippen molar-refractivity contribution in [3.8, 4) is 11.5 Å². The number of ether oxygens (including phenoxy) is 2. The van der Waals surface area contributed by atoms with Gasteiger partial charge in [-0.1, -0.05) is 0 Å². The summed E-state index contributed by atoms with van der Waals surface area (Å²) < 4.78 is 10.4. The molecule has 2 N–H and O–H groups in total. The fourth-order valence-corrected chi connectivity index (χ4v) is 1.63. The number of hydrogen-bond donors (Lipinski definition) is 2. The highest BCUT2D eigenvalue weighted by molar-refractivity contribution is 5.79. The van der Waals surface area contributed by atoms with E-state index in [-0.39, 0.29) is 0 Å². The first-order chi connectivity index (χ1) is 7.95. The Morgan fingerprint density at radius 3 is 2.29 bits per heavy atom. The van der Waals surface area contributed by atoms with Gasteiger partial charge in [-0.15, -0.1) is 0 Å². The third-order valence-electron chi connectivity index (χ3n) is 2.57. The van der Waals surface area contributed by atoms with E-state index >= 15 is 0 Å². The summed E-state index contributed by atoms with van der Waals surface area (Å²) >= 11 is 0. The van der Waals surface area contributed by atoms with Crippen LogP contribution >= 0.6 is 0 Å². The third kappa shape index (κ3) is 2.06. The van der Waals surface area contributed by atoms with E-state index in [1.54, 1.807) is 40.2 Å². The van der Waals surface area contributed by atoms with Gasteiger partial charge in [0, 0.05) is 12.1 Å². The summed E-state index contributed by atoms with van der Waals surface area (Å²) in [6, 6.07) is 3.58. The molecule has 0 radical (unpaired) electrons. The number of aromatic nitrogens is 2. The van der Waals surface area contributed by atoms with Gasteiger partial charge in [0.05, 0.1) is 25.3 Å². The second kappa shape index (κ2) is 3.92. The van der Waals surface area contributed by atoms with Gasteiger partial charge >= 0.3 is 0 Å². The summed E-state index contributed by atoms with van der Waals surface area (Å²) in [5, 5.41) is 9.89. The molecule has 5 nitrogen and oxygen atoms in total. The molecule has 1 aromatic heterocycles. The maximum atomic E-state index is 9.89. The van der Waals surface area contributed by atoms with Gasteiger partial charge < -0.3 is 19.6 Å². The van der Waals surface area contributed by atoms with E-state index in [4.69, 9.17) is 9.47 Å². The van der Waals surface area contributed by atoms with Gasteiger partial charge in [0.2, 0.25) is 0 Å². The molecule has 1 aromatic carbocycles. The Kier molecular flexibility index (Phi) is 2.71. The SMILES string of the molecule is COc1cc2nc(C(C)(C)O)[nH]c2cc1OC. The third-order valence-corrected chi connectivity index (χ3v) is 2.57. The second-order valence-electron chi connectivity index (χ2n) is 4.37. The van der Waals surface area contributed by atoms with Crippen LogP contribution in [0.1, 0.15) is 19.7 Å². The number of rotatable bonds is 3. The van der Waals surface area contributed by atoms with Crippen molar-refractivity contribution < 1.29 is 14.6 Å². The van der Waals surface area contributed by atoms with Crippen LogP contribution < -0.4 is 9.47 Å². The van der Waals surface area contributed by atoms with Crippen molar-refractivity contribution in [3.05, 3.63) is 18.0 Å². The number of hydrogen-bond acceptors (Lipinski definition) is 4. The molecule has 0 saturated carbocycles. The molecular formula is C12H16N2O3. The van der Waals surface area contributed by atoms with Crippen molar-refractivity contribution in [2.75, 3.05) is 14.2 Å². The highest BCUT2D eigenvalue weighted by Gasteiger charge is 2.21. The number of benzene rings is 1. The Morgan fingerprint density at radius 1 is 1.18 bits per heavy atom. The van der Waals surface area contributed by atoms with Crippen LogP contribution in [0, 0.1) is 0 Å². The Balaban J connectivity index is 2.61. The Morgan fingerprint density at radius 2 is 1.76 bits per heavy atom. The molecule has 0 aliphatic carbocycles. The van der Waals surface area contributed by atoms with Gasteiger partial charge in [0.15, 0.2) is 11.5 Å². The first-order valence-corrected chi connectivity index (χ1v) is 5.30. The van der Waals surface area contributed by atoms with Crippen LogP contribution in [0.5, 0.6) is 11.5 Å². The average molecular weight is 236 g/mol. The van der Waals surface area contributed by atoms with Gasteiger partial charge in [-0.2, -0.15) is 0 Å². The van der Waals surface area contributed by atoms with Gasteiger partial charge in [0.1, 0.15) is 11.4 Å². The minimum absolute atomic E-state index is 0.516. The van der Waals surface area contributed by atoms with Gasteiger partial charge in [-0.05, 0) is 13.8 Å². The molecular weight excluding hydrogens is 220 g/mol. The summed E-state index contributed by atoms with van der Waals surface area (Å²) in [7, 11) is 3.16. The molecule has 2 aromatic rings. The molecule has 92 valence electrons. The van der Waals surface area contributed by atoms with E-state index in [2.05, 4.69) is 9.97 Å². The lowest BCUT2D eigenvalue weighted by Crippen LogP contribution is -2.17. The normalized spacial score (nSPS) is 11.8. The van der Waals surface area contributed by atoms with Crippen molar-refractivity contribution in [1.82, 2.24) is 9.97 Å². The zero-order chi connectivity index (χ0) is 12.6. The zero-order valence-electron chi connectivity index (χ0n) is 10.4. The van der Waals surface area contributed by atoms with Crippen molar-refractivity contribution in [3.63, 3.8) is 0 Å². The summed E-state index contributed by atoms with van der Waals surface area (Å²) in [5.41, 5.74) is 0.541. The zero-order valence-corrected chi connectivity index (χ0v) is 10.4. The number of H-pyrrole nitrogens is 1. The lowest BCUT2D eigenvalue weighted by molar-refractivity contribution is 0.0700. The van der Waals surface area contributed by atoms with Crippen LogP contribution in [-0.4, -0.2) is 29.3 Å². The number of nitrogens with one attached hydrogen (secondary N) is 1. The quantitative estimate of drug-likeness (QED) is 0.852. The van der Waals surface area contributed by atoms with Crippen LogP contribution in [0.2, 0.25) is 0 Å². The van der Waals surface area contributed by atoms with E-state index in [0.717, 1.165) is 11.0 Å². The predicted octanol–water partition coefficient (Wildman–Crippen LogP) is 1.81. The molecule has 0 aliphatic heterocycles. The number of aliphatic hydroxyl groups is 1. The molecule has 2 rings (SSSR count). The van der Waals surface area contributed by atoms with Crippen LogP contribution in [0.25, 0.3) is 11.0 Å². The minimum atomic E-state index is -1.00. The monoisotopic (exact) mass is 236 g/mol. The van der Waals surface area contributed by atoms with E-state index in [0.29, 0.717) is 17.3 Å². The molecule has 0 fully saturated rings. The minimum Gasteiger partial charge on any atom is -0.493 e. The molecule has 0 atom stereocenters. The van der Waals surface area contributed by atoms with Crippen molar-refractivity contribution in [2.24, 2.45) is 0 Å². The highest BCUT2D eigenvalue weighted by Crippen LogP contribution is 2.32. The van der Waals surface area contributed by atoms with Gasteiger partial charge in [-0.3, -0.25) is 0 Å². The smallest absolute Gasteiger partial charge is 0.163 e. The molecule has 17 heavy (non-hydrogen) atoms. The largest absolute Gasteiger partial charge is 0.493 e. The van der Waals surface area contributed by atoms with Crippen molar-refractivity contribution >= 4 is 11.0 Å². The molecule has 0 bridgehead atoms. The summed E-state index contributed by atoms with van der Waals surface area (Å²) in [6.45, 7) is 3.36. The fraction of sp³-hybridized carbons (Fsp3) is 0.417. The molecule has 0 saturated heterocycles. The topological polar surface area (TPSA) is 67.4 Å². The first-order valence-electron chi connectivity index (χ1n) is 5.30. The van der Waals surface area contributed by atoms with Crippen LogP contribution in [0.15, 0.2) is 12.1 Å². The van der Waals surface area contributed by atoms with Gasteiger partial charge in [0.25, 0.3) is 0 Å². The highest BCUT2D eigenvalue weighted by atomic mass is 16.5. The van der Waals surface area contributed by atoms with Crippen molar-refractivity contribution in [2.45, 2.75) is 19.4 Å². The summed E-state index contributed by atoms with van der Waals surface area (Å²) in [6.07, 6.45) is 0. The van der Waals surface area contributed by atoms with Crippen LogP contribution in [0.4, 0.5) is 0 Å². The Hall–Kier alpha value is -1.75. The molecule has 0 unspecified atom stereocenters. The number of aromatic amines is 1. The van der Waals surface area contributed by atoms with E-state index in [1.165, 1.54) is 0 Å². The maximum Gasteiger partial charge on any atom is 0.163 e. The number of imidazole rings is 1. The lowest BCUT2D eigenvalue weighted by atomic mass is 10.1. The molecule has 0 aliphatic rings. The number of fused-ring (bicyclic) bond motifs is 1. The second-order valence-corrected chi connectivity index (χ2v) is 4.37. The average Bonchev–Trinajstić information content (AvgIpc) is 2.69. The van der Waals surface area contributed by atoms with Crippen LogP contribution in [-0.2, 0) is 5.60 Å². The van der Waals surface area contributed by atoms with E-state index in [1.807, 2.05) is 0 Å². The fourth-order valence-electron chi connectivity index (χ4n) is 1.63. The number of methoxy groups -OCH3 is 2. The first kappa shape index (κ1) is 11.7. The molecule has 0 amide bonds. The molecule has 0 spiro atoms. The Bertz CT molecular complexity index is 499. The summed E-state index contributed by atoms with van der Waals surface area (Å²) in [4.78, 5) is 7.39. The lowest BCUT2D eigenvalue weighted by Gasteiger charge is -2.12. The summed E-state index contributed by atoms with van der Waals surface area (Å²) in [5.74, 6) is 1.77. The van der Waals surface area contributed by atoms with Crippen LogP contribution in [0.3, 0.4) is 0 Å². The maximum absolute atomic E-state index is 9.89.